The van der Waals surface area contributed by atoms with Crippen LogP contribution in [0, 0.1) is 0 Å². The molecule has 1 unspecified atom stereocenters. The number of rotatable bonds is 5. The number of benzene rings is 1. The van der Waals surface area contributed by atoms with Crippen molar-refractivity contribution in [1.82, 2.24) is 5.32 Å². The Morgan fingerprint density at radius 1 is 1.56 bits per heavy atom. The van der Waals surface area contributed by atoms with Crippen molar-refractivity contribution >= 4 is 11.6 Å². The van der Waals surface area contributed by atoms with Gasteiger partial charge in [0.05, 0.1) is 11.8 Å². The van der Waals surface area contributed by atoms with Gasteiger partial charge in [-0.1, -0.05) is 6.07 Å². The summed E-state index contributed by atoms with van der Waals surface area (Å²) < 4.78 is 5.29. The zero-order valence-corrected chi connectivity index (χ0v) is 10.4. The summed E-state index contributed by atoms with van der Waals surface area (Å²) in [6.07, 6.45) is 0.511. The Labute approximate surface area is 106 Å². The normalized spacial score (nSPS) is 15.6. The molecule has 98 valence electrons. The number of aliphatic hydroxyl groups is 1. The summed E-state index contributed by atoms with van der Waals surface area (Å²) in [4.78, 5) is 11.2. The molecular weight excluding hydrogens is 232 g/mol. The van der Waals surface area contributed by atoms with Crippen molar-refractivity contribution < 1.29 is 14.6 Å². The van der Waals surface area contributed by atoms with Crippen LogP contribution in [0.1, 0.15) is 12.5 Å². The number of amides is 1. The predicted molar refractivity (Wildman–Crippen MR) is 68.8 cm³/mol. The van der Waals surface area contributed by atoms with Gasteiger partial charge in [-0.25, -0.2) is 0 Å². The van der Waals surface area contributed by atoms with Crippen molar-refractivity contribution in [3.63, 3.8) is 0 Å². The monoisotopic (exact) mass is 250 g/mol. The summed E-state index contributed by atoms with van der Waals surface area (Å²) in [5.41, 5.74) is 1.86. The van der Waals surface area contributed by atoms with Gasteiger partial charge in [0.15, 0.2) is 6.61 Å². The fourth-order valence-corrected chi connectivity index (χ4v) is 1.83. The number of nitrogens with one attached hydrogen (secondary N) is 2. The van der Waals surface area contributed by atoms with E-state index in [1.165, 1.54) is 0 Å². The first-order chi connectivity index (χ1) is 8.65. The van der Waals surface area contributed by atoms with Gasteiger partial charge in [0.1, 0.15) is 5.75 Å². The van der Waals surface area contributed by atoms with Crippen molar-refractivity contribution in [3.05, 3.63) is 23.8 Å². The van der Waals surface area contributed by atoms with E-state index in [1.807, 2.05) is 18.2 Å². The molecule has 1 aliphatic heterocycles. The minimum atomic E-state index is -0.332. The molecule has 5 nitrogen and oxygen atoms in total. The fraction of sp³-hybridized carbons (Fsp3) is 0.462. The standard InChI is InChI=1S/C13H18N2O3/c1-9(16)7-14-5-4-10-2-3-12-11(6-10)15-13(17)8-18-12/h2-3,6,9,14,16H,4-5,7-8H2,1H3,(H,15,17). The third-order valence-corrected chi connectivity index (χ3v) is 2.71. The molecule has 0 saturated heterocycles. The van der Waals surface area contributed by atoms with E-state index in [9.17, 15) is 4.79 Å². The highest BCUT2D eigenvalue weighted by Gasteiger charge is 2.15. The molecule has 5 heteroatoms. The van der Waals surface area contributed by atoms with E-state index in [2.05, 4.69) is 10.6 Å². The number of fused-ring (bicyclic) bond motifs is 1. The lowest BCUT2D eigenvalue weighted by molar-refractivity contribution is -0.118. The fourth-order valence-electron chi connectivity index (χ4n) is 1.83. The smallest absolute Gasteiger partial charge is 0.262 e. The van der Waals surface area contributed by atoms with Crippen LogP contribution in [0.4, 0.5) is 5.69 Å². The molecule has 0 saturated carbocycles. The molecule has 1 aromatic carbocycles. The summed E-state index contributed by atoms with van der Waals surface area (Å²) in [5, 5.41) is 15.0. The van der Waals surface area contributed by atoms with E-state index in [0.29, 0.717) is 6.54 Å². The van der Waals surface area contributed by atoms with E-state index in [4.69, 9.17) is 9.84 Å². The van der Waals surface area contributed by atoms with Gasteiger partial charge in [0, 0.05) is 6.54 Å². The first kappa shape index (κ1) is 12.9. The summed E-state index contributed by atoms with van der Waals surface area (Å²) in [6.45, 7) is 3.21. The van der Waals surface area contributed by atoms with Gasteiger partial charge in [-0.15, -0.1) is 0 Å². The minimum Gasteiger partial charge on any atom is -0.482 e. The lowest BCUT2D eigenvalue weighted by atomic mass is 10.1. The second-order valence-corrected chi connectivity index (χ2v) is 4.47. The maximum absolute atomic E-state index is 11.2. The largest absolute Gasteiger partial charge is 0.482 e. The zero-order chi connectivity index (χ0) is 13.0. The van der Waals surface area contributed by atoms with E-state index in [0.717, 1.165) is 30.0 Å². The average Bonchev–Trinajstić information content (AvgIpc) is 2.34. The van der Waals surface area contributed by atoms with Gasteiger partial charge in [-0.2, -0.15) is 0 Å². The molecule has 1 heterocycles. The second-order valence-electron chi connectivity index (χ2n) is 4.47. The number of carbonyl (C=O) groups is 1. The summed E-state index contributed by atoms with van der Waals surface area (Å²) in [6, 6.07) is 5.79. The van der Waals surface area contributed by atoms with Gasteiger partial charge in [-0.05, 0) is 37.6 Å². The van der Waals surface area contributed by atoms with Crippen molar-refractivity contribution in [3.8, 4) is 5.75 Å². The van der Waals surface area contributed by atoms with E-state index >= 15 is 0 Å². The van der Waals surface area contributed by atoms with Crippen LogP contribution in [0.3, 0.4) is 0 Å². The number of ether oxygens (including phenoxy) is 1. The Morgan fingerprint density at radius 3 is 3.17 bits per heavy atom. The summed E-state index contributed by atoms with van der Waals surface area (Å²) in [7, 11) is 0. The van der Waals surface area contributed by atoms with Gasteiger partial charge in [0.2, 0.25) is 0 Å². The number of anilines is 1. The molecule has 1 aliphatic rings. The zero-order valence-electron chi connectivity index (χ0n) is 10.4. The van der Waals surface area contributed by atoms with Crippen LogP contribution in [0.2, 0.25) is 0 Å². The van der Waals surface area contributed by atoms with Gasteiger partial charge >= 0.3 is 0 Å². The second kappa shape index (κ2) is 5.84. The van der Waals surface area contributed by atoms with Crippen LogP contribution in [0.5, 0.6) is 5.75 Å². The van der Waals surface area contributed by atoms with Crippen LogP contribution in [0.15, 0.2) is 18.2 Å². The Hall–Kier alpha value is -1.59. The van der Waals surface area contributed by atoms with Crippen LogP contribution in [-0.4, -0.2) is 36.8 Å². The molecule has 18 heavy (non-hydrogen) atoms. The maximum Gasteiger partial charge on any atom is 0.262 e. The van der Waals surface area contributed by atoms with Crippen molar-refractivity contribution in [1.29, 1.82) is 0 Å². The van der Waals surface area contributed by atoms with Crippen LogP contribution >= 0.6 is 0 Å². The third kappa shape index (κ3) is 3.45. The van der Waals surface area contributed by atoms with Crippen molar-refractivity contribution in [2.45, 2.75) is 19.4 Å². The number of hydrogen-bond donors (Lipinski definition) is 3. The molecule has 0 spiro atoms. The molecular formula is C13H18N2O3. The Morgan fingerprint density at radius 2 is 2.39 bits per heavy atom. The molecule has 0 fully saturated rings. The SMILES string of the molecule is CC(O)CNCCc1ccc2c(c1)NC(=O)CO2. The first-order valence-electron chi connectivity index (χ1n) is 6.09. The Kier molecular flexibility index (Phi) is 4.17. The molecule has 0 aromatic heterocycles. The van der Waals surface area contributed by atoms with Crippen molar-refractivity contribution in [2.75, 3.05) is 25.0 Å². The van der Waals surface area contributed by atoms with E-state index < -0.39 is 0 Å². The molecule has 1 aromatic rings. The van der Waals surface area contributed by atoms with Gasteiger partial charge < -0.3 is 20.5 Å². The van der Waals surface area contributed by atoms with Crippen LogP contribution in [0.25, 0.3) is 0 Å². The predicted octanol–water partition coefficient (Wildman–Crippen LogP) is 0.530. The average molecular weight is 250 g/mol. The third-order valence-electron chi connectivity index (χ3n) is 2.71. The topological polar surface area (TPSA) is 70.6 Å². The van der Waals surface area contributed by atoms with Gasteiger partial charge in [0.25, 0.3) is 5.91 Å². The minimum absolute atomic E-state index is 0.0856. The molecule has 1 atom stereocenters. The van der Waals surface area contributed by atoms with Crippen LogP contribution < -0.4 is 15.4 Å². The lowest BCUT2D eigenvalue weighted by Crippen LogP contribution is -2.27. The van der Waals surface area contributed by atoms with E-state index in [1.54, 1.807) is 6.92 Å². The Balaban J connectivity index is 1.90. The van der Waals surface area contributed by atoms with Crippen molar-refractivity contribution in [2.24, 2.45) is 0 Å². The number of hydrogen-bond acceptors (Lipinski definition) is 4. The summed E-state index contributed by atoms with van der Waals surface area (Å²) in [5.74, 6) is 0.599. The quantitative estimate of drug-likeness (QED) is 0.667. The lowest BCUT2D eigenvalue weighted by Gasteiger charge is -2.18. The van der Waals surface area contributed by atoms with Crippen LogP contribution in [-0.2, 0) is 11.2 Å². The first-order valence-corrected chi connectivity index (χ1v) is 6.09. The maximum atomic E-state index is 11.2. The number of carbonyl (C=O) groups excluding carboxylic acids is 1. The number of aliphatic hydroxyl groups excluding tert-OH is 1. The molecule has 3 N–H and O–H groups in total. The highest BCUT2D eigenvalue weighted by Crippen LogP contribution is 2.28. The molecule has 2 rings (SSSR count). The molecule has 1 amide bonds. The molecule has 0 bridgehead atoms. The Bertz CT molecular complexity index is 432. The highest BCUT2D eigenvalue weighted by molar-refractivity contribution is 5.95. The summed E-state index contributed by atoms with van der Waals surface area (Å²) >= 11 is 0. The highest BCUT2D eigenvalue weighted by atomic mass is 16.5. The molecule has 0 aliphatic carbocycles. The van der Waals surface area contributed by atoms with E-state index in [-0.39, 0.29) is 18.6 Å². The van der Waals surface area contributed by atoms with Gasteiger partial charge in [-0.3, -0.25) is 4.79 Å². The molecule has 0 radical (unpaired) electrons.